The van der Waals surface area contributed by atoms with E-state index in [1.807, 2.05) is 33.0 Å². The zero-order valence-corrected chi connectivity index (χ0v) is 13.5. The number of rotatable bonds is 2. The lowest BCUT2D eigenvalue weighted by Gasteiger charge is -2.21. The Morgan fingerprint density at radius 2 is 1.31 bits per heavy atom. The van der Waals surface area contributed by atoms with Gasteiger partial charge in [0.1, 0.15) is 0 Å². The maximum absolute atomic E-state index is 5.03. The molecule has 16 heavy (non-hydrogen) atoms. The fourth-order valence-corrected chi connectivity index (χ4v) is 1.09. The highest BCUT2D eigenvalue weighted by Crippen LogP contribution is 1.98. The van der Waals surface area contributed by atoms with Gasteiger partial charge in [-0.15, -0.1) is 0 Å². The molecule has 0 aliphatic heterocycles. The van der Waals surface area contributed by atoms with Crippen LogP contribution in [-0.4, -0.2) is 47.0 Å². The first-order valence-electron chi connectivity index (χ1n) is 5.55. The second-order valence-electron chi connectivity index (χ2n) is 4.61. The molecule has 0 N–H and O–H groups in total. The molecular formula is C12H26N2S2. The molecule has 0 aromatic rings. The first-order chi connectivity index (χ1) is 7.11. The van der Waals surface area contributed by atoms with E-state index >= 15 is 0 Å². The molecule has 0 fully saturated rings. The topological polar surface area (TPSA) is 6.48 Å². The van der Waals surface area contributed by atoms with E-state index in [4.69, 9.17) is 24.4 Å². The van der Waals surface area contributed by atoms with Crippen LogP contribution in [0, 0.1) is 5.92 Å². The van der Waals surface area contributed by atoms with Crippen LogP contribution in [0.2, 0.25) is 0 Å². The lowest BCUT2D eigenvalue weighted by Crippen LogP contribution is -2.29. The molecule has 0 heterocycles. The summed E-state index contributed by atoms with van der Waals surface area (Å²) in [4.78, 5) is 6.01. The molecule has 0 unspecified atom stereocenters. The SMILES string of the molecule is CC(=S)N(C)C(C)C.CC(C)C(=S)N(C)C. The van der Waals surface area contributed by atoms with Crippen molar-refractivity contribution in [1.82, 2.24) is 9.80 Å². The van der Waals surface area contributed by atoms with E-state index in [1.54, 1.807) is 0 Å². The van der Waals surface area contributed by atoms with Crippen molar-refractivity contribution in [3.63, 3.8) is 0 Å². The molecule has 0 aromatic carbocycles. The van der Waals surface area contributed by atoms with Gasteiger partial charge in [-0.05, 0) is 20.8 Å². The molecule has 0 atom stereocenters. The number of hydrogen-bond acceptors (Lipinski definition) is 2. The Kier molecular flexibility index (Phi) is 10.1. The quantitative estimate of drug-likeness (QED) is 0.705. The van der Waals surface area contributed by atoms with Crippen molar-refractivity contribution in [3.8, 4) is 0 Å². The monoisotopic (exact) mass is 262 g/mol. The van der Waals surface area contributed by atoms with E-state index in [1.165, 1.54) is 0 Å². The Morgan fingerprint density at radius 3 is 1.31 bits per heavy atom. The third-order valence-corrected chi connectivity index (χ3v) is 3.33. The van der Waals surface area contributed by atoms with Crippen LogP contribution < -0.4 is 0 Å². The van der Waals surface area contributed by atoms with E-state index < -0.39 is 0 Å². The minimum absolute atomic E-state index is 0.500. The molecule has 0 saturated carbocycles. The van der Waals surface area contributed by atoms with Gasteiger partial charge in [0.15, 0.2) is 0 Å². The van der Waals surface area contributed by atoms with Gasteiger partial charge in [-0.2, -0.15) is 0 Å². The van der Waals surface area contributed by atoms with Crippen molar-refractivity contribution in [2.75, 3.05) is 21.1 Å². The van der Waals surface area contributed by atoms with Gasteiger partial charge in [0.05, 0.1) is 9.98 Å². The van der Waals surface area contributed by atoms with E-state index in [0.29, 0.717) is 12.0 Å². The molecule has 0 rings (SSSR count). The zero-order valence-electron chi connectivity index (χ0n) is 11.9. The standard InChI is InChI=1S/2C6H13NS/c1-5(2)6(8)7(3)4;1-5(2)7(4)6(3)8/h2*5H,1-4H3. The summed E-state index contributed by atoms with van der Waals surface area (Å²) in [5, 5.41) is 0. The van der Waals surface area contributed by atoms with Gasteiger partial charge < -0.3 is 9.80 Å². The molecule has 0 aliphatic carbocycles. The highest BCUT2D eigenvalue weighted by Gasteiger charge is 2.02. The Hall–Kier alpha value is -0.220. The Morgan fingerprint density at radius 1 is 0.938 bits per heavy atom. The van der Waals surface area contributed by atoms with Crippen molar-refractivity contribution in [3.05, 3.63) is 0 Å². The molecule has 0 radical (unpaired) electrons. The summed E-state index contributed by atoms with van der Waals surface area (Å²) in [5.41, 5.74) is 0. The Balaban J connectivity index is 0. The maximum Gasteiger partial charge on any atom is 0.0799 e. The predicted molar refractivity (Wildman–Crippen MR) is 82.3 cm³/mol. The molecule has 0 aromatic heterocycles. The lowest BCUT2D eigenvalue weighted by atomic mass is 10.2. The van der Waals surface area contributed by atoms with Crippen molar-refractivity contribution < 1.29 is 0 Å². The van der Waals surface area contributed by atoms with Gasteiger partial charge in [0.25, 0.3) is 0 Å². The minimum atomic E-state index is 0.500. The van der Waals surface area contributed by atoms with Crippen LogP contribution in [0.4, 0.5) is 0 Å². The highest BCUT2D eigenvalue weighted by molar-refractivity contribution is 7.80. The van der Waals surface area contributed by atoms with Gasteiger partial charge >= 0.3 is 0 Å². The number of nitrogens with zero attached hydrogens (tertiary/aromatic N) is 2. The number of thiocarbonyl (C=S) groups is 2. The molecule has 0 aliphatic rings. The van der Waals surface area contributed by atoms with Gasteiger partial charge in [0.2, 0.25) is 0 Å². The fourth-order valence-electron chi connectivity index (χ4n) is 0.880. The van der Waals surface area contributed by atoms with E-state index in [9.17, 15) is 0 Å². The summed E-state index contributed by atoms with van der Waals surface area (Å²) in [6.45, 7) is 10.4. The van der Waals surface area contributed by atoms with E-state index in [2.05, 4.69) is 32.6 Å². The van der Waals surface area contributed by atoms with E-state index in [-0.39, 0.29) is 0 Å². The second-order valence-corrected chi connectivity index (χ2v) is 5.62. The van der Waals surface area contributed by atoms with Crippen LogP contribution in [0.3, 0.4) is 0 Å². The van der Waals surface area contributed by atoms with E-state index in [0.717, 1.165) is 9.98 Å². The molecule has 96 valence electrons. The fraction of sp³-hybridized carbons (Fsp3) is 0.833. The third-order valence-electron chi connectivity index (χ3n) is 2.21. The molecular weight excluding hydrogens is 236 g/mol. The van der Waals surface area contributed by atoms with Crippen molar-refractivity contribution >= 4 is 34.4 Å². The van der Waals surface area contributed by atoms with Crippen LogP contribution in [0.5, 0.6) is 0 Å². The number of hydrogen-bond donors (Lipinski definition) is 0. The average Bonchev–Trinajstić information content (AvgIpc) is 2.15. The predicted octanol–water partition coefficient (Wildman–Crippen LogP) is 3.21. The normalized spacial score (nSPS) is 9.62. The summed E-state index contributed by atoms with van der Waals surface area (Å²) in [7, 11) is 5.96. The Bertz CT molecular complexity index is 213. The van der Waals surface area contributed by atoms with Gasteiger partial charge in [0, 0.05) is 33.1 Å². The first-order valence-corrected chi connectivity index (χ1v) is 6.37. The largest absolute Gasteiger partial charge is 0.372 e. The van der Waals surface area contributed by atoms with Crippen LogP contribution in [0.1, 0.15) is 34.6 Å². The molecule has 0 amide bonds. The van der Waals surface area contributed by atoms with Crippen molar-refractivity contribution in [2.24, 2.45) is 5.92 Å². The van der Waals surface area contributed by atoms with Crippen molar-refractivity contribution in [1.29, 1.82) is 0 Å². The van der Waals surface area contributed by atoms with Gasteiger partial charge in [-0.3, -0.25) is 0 Å². The Labute approximate surface area is 112 Å². The third kappa shape index (κ3) is 9.04. The summed E-state index contributed by atoms with van der Waals surface area (Å²) >= 11 is 9.95. The molecule has 4 heteroatoms. The maximum atomic E-state index is 5.03. The molecule has 0 spiro atoms. The van der Waals surface area contributed by atoms with Crippen LogP contribution in [-0.2, 0) is 0 Å². The van der Waals surface area contributed by atoms with Crippen LogP contribution in [0.25, 0.3) is 0 Å². The smallest absolute Gasteiger partial charge is 0.0799 e. The minimum Gasteiger partial charge on any atom is -0.372 e. The van der Waals surface area contributed by atoms with Gasteiger partial charge in [-0.1, -0.05) is 38.3 Å². The molecule has 2 nitrogen and oxygen atoms in total. The molecule has 0 bridgehead atoms. The summed E-state index contributed by atoms with van der Waals surface area (Å²) in [6, 6.07) is 0.535. The van der Waals surface area contributed by atoms with Crippen molar-refractivity contribution in [2.45, 2.75) is 40.7 Å². The van der Waals surface area contributed by atoms with Crippen LogP contribution in [0.15, 0.2) is 0 Å². The summed E-state index contributed by atoms with van der Waals surface area (Å²) in [5.74, 6) is 0.500. The highest BCUT2D eigenvalue weighted by atomic mass is 32.1. The van der Waals surface area contributed by atoms with Gasteiger partial charge in [-0.25, -0.2) is 0 Å². The average molecular weight is 262 g/mol. The lowest BCUT2D eigenvalue weighted by molar-refractivity contribution is 0.422. The zero-order chi connectivity index (χ0) is 13.5. The summed E-state index contributed by atoms with van der Waals surface area (Å²) < 4.78 is 0. The van der Waals surface area contributed by atoms with Crippen LogP contribution >= 0.6 is 24.4 Å². The first kappa shape index (κ1) is 18.2. The molecule has 0 saturated heterocycles. The second kappa shape index (κ2) is 8.88. The summed E-state index contributed by atoms with van der Waals surface area (Å²) in [6.07, 6.45) is 0.